The molecule has 2 heterocycles. The van der Waals surface area contributed by atoms with Crippen LogP contribution in [0.4, 0.5) is 5.95 Å². The molecule has 26 heavy (non-hydrogen) atoms. The number of rotatable bonds is 3. The summed E-state index contributed by atoms with van der Waals surface area (Å²) in [5.74, 6) is -1.24. The number of amides is 1. The molecule has 1 aliphatic rings. The number of benzene rings is 2. The van der Waals surface area contributed by atoms with E-state index in [1.807, 2.05) is 59.2 Å². The van der Waals surface area contributed by atoms with E-state index in [0.717, 1.165) is 16.6 Å². The molecule has 0 aliphatic carbocycles. The van der Waals surface area contributed by atoms with Crippen molar-refractivity contribution < 1.29 is 14.3 Å². The van der Waals surface area contributed by atoms with Crippen molar-refractivity contribution >= 4 is 28.9 Å². The molecule has 0 unspecified atom stereocenters. The van der Waals surface area contributed by atoms with Gasteiger partial charge in [0, 0.05) is 7.05 Å². The Labute approximate surface area is 151 Å². The molecule has 0 fully saturated rings. The van der Waals surface area contributed by atoms with Crippen molar-refractivity contribution in [3.05, 3.63) is 60.2 Å². The van der Waals surface area contributed by atoms with Gasteiger partial charge in [0.1, 0.15) is 0 Å². The zero-order valence-electron chi connectivity index (χ0n) is 14.6. The SMILES string of the molecule is CCOC(=O)[C@H]1C(=O)N(C)c2nc3ccccc3n2[C@@H]1c1ccccc1. The van der Waals surface area contributed by atoms with Crippen LogP contribution < -0.4 is 4.90 Å². The lowest BCUT2D eigenvalue weighted by Gasteiger charge is -2.36. The molecule has 3 aromatic rings. The van der Waals surface area contributed by atoms with E-state index in [0.29, 0.717) is 5.95 Å². The van der Waals surface area contributed by atoms with Crippen molar-refractivity contribution in [3.8, 4) is 0 Å². The number of imidazole rings is 1. The maximum Gasteiger partial charge on any atom is 0.321 e. The summed E-state index contributed by atoms with van der Waals surface area (Å²) >= 11 is 0. The van der Waals surface area contributed by atoms with E-state index in [-0.39, 0.29) is 12.5 Å². The van der Waals surface area contributed by atoms with Gasteiger partial charge in [-0.1, -0.05) is 42.5 Å². The van der Waals surface area contributed by atoms with E-state index in [1.54, 1.807) is 14.0 Å². The van der Waals surface area contributed by atoms with Crippen molar-refractivity contribution in [2.45, 2.75) is 13.0 Å². The summed E-state index contributed by atoms with van der Waals surface area (Å²) in [4.78, 5) is 31.8. The lowest BCUT2D eigenvalue weighted by molar-refractivity contribution is -0.153. The molecule has 0 bridgehead atoms. The van der Waals surface area contributed by atoms with Crippen LogP contribution in [0.3, 0.4) is 0 Å². The largest absolute Gasteiger partial charge is 0.465 e. The summed E-state index contributed by atoms with van der Waals surface area (Å²) in [6, 6.07) is 16.8. The first kappa shape index (κ1) is 16.3. The zero-order valence-corrected chi connectivity index (χ0v) is 14.6. The topological polar surface area (TPSA) is 64.4 Å². The van der Waals surface area contributed by atoms with Crippen molar-refractivity contribution in [1.82, 2.24) is 9.55 Å². The average Bonchev–Trinajstić information content (AvgIpc) is 3.05. The number of fused-ring (bicyclic) bond motifs is 3. The number of carbonyl (C=O) groups is 2. The van der Waals surface area contributed by atoms with Gasteiger partial charge in [-0.2, -0.15) is 0 Å². The van der Waals surface area contributed by atoms with Gasteiger partial charge in [-0.15, -0.1) is 0 Å². The van der Waals surface area contributed by atoms with Crippen LogP contribution in [-0.4, -0.2) is 35.1 Å². The molecule has 4 rings (SSSR count). The number of esters is 1. The number of para-hydroxylation sites is 2. The first-order valence-electron chi connectivity index (χ1n) is 8.59. The Morgan fingerprint density at radius 2 is 1.81 bits per heavy atom. The second-order valence-electron chi connectivity index (χ2n) is 6.25. The molecule has 0 N–H and O–H groups in total. The van der Waals surface area contributed by atoms with Crippen LogP contribution in [0.25, 0.3) is 11.0 Å². The van der Waals surface area contributed by atoms with Crippen LogP contribution in [0.5, 0.6) is 0 Å². The second kappa shape index (κ2) is 6.29. The first-order chi connectivity index (χ1) is 12.6. The van der Waals surface area contributed by atoms with Gasteiger partial charge in [0.05, 0.1) is 23.7 Å². The van der Waals surface area contributed by atoms with E-state index >= 15 is 0 Å². The average molecular weight is 349 g/mol. The Hall–Kier alpha value is -3.15. The lowest BCUT2D eigenvalue weighted by atomic mass is 9.89. The van der Waals surface area contributed by atoms with Gasteiger partial charge in [0.25, 0.3) is 0 Å². The summed E-state index contributed by atoms with van der Waals surface area (Å²) in [6.45, 7) is 1.97. The van der Waals surface area contributed by atoms with Gasteiger partial charge < -0.3 is 9.30 Å². The van der Waals surface area contributed by atoms with Gasteiger partial charge in [0.2, 0.25) is 11.9 Å². The number of nitrogens with zero attached hydrogens (tertiary/aromatic N) is 3. The molecular weight excluding hydrogens is 330 g/mol. The molecule has 1 aliphatic heterocycles. The lowest BCUT2D eigenvalue weighted by Crippen LogP contribution is -2.48. The fourth-order valence-electron chi connectivity index (χ4n) is 3.59. The van der Waals surface area contributed by atoms with Gasteiger partial charge in [0.15, 0.2) is 5.92 Å². The van der Waals surface area contributed by atoms with Gasteiger partial charge in [-0.05, 0) is 24.6 Å². The van der Waals surface area contributed by atoms with Crippen LogP contribution in [0.2, 0.25) is 0 Å². The molecule has 2 aromatic carbocycles. The Morgan fingerprint density at radius 3 is 2.54 bits per heavy atom. The summed E-state index contributed by atoms with van der Waals surface area (Å²) in [6.07, 6.45) is 0. The van der Waals surface area contributed by atoms with E-state index in [9.17, 15) is 9.59 Å². The fourth-order valence-corrected chi connectivity index (χ4v) is 3.59. The first-order valence-corrected chi connectivity index (χ1v) is 8.59. The zero-order chi connectivity index (χ0) is 18.3. The minimum absolute atomic E-state index is 0.228. The van der Waals surface area contributed by atoms with E-state index in [4.69, 9.17) is 4.74 Å². The van der Waals surface area contributed by atoms with Crippen molar-refractivity contribution in [3.63, 3.8) is 0 Å². The van der Waals surface area contributed by atoms with Crippen LogP contribution in [0.15, 0.2) is 54.6 Å². The number of aromatic nitrogens is 2. The highest BCUT2D eigenvalue weighted by molar-refractivity contribution is 6.08. The van der Waals surface area contributed by atoms with Crippen LogP contribution >= 0.6 is 0 Å². The Kier molecular flexibility index (Phi) is 3.95. The fraction of sp³-hybridized carbons (Fsp3) is 0.250. The van der Waals surface area contributed by atoms with Crippen molar-refractivity contribution in [2.24, 2.45) is 5.92 Å². The van der Waals surface area contributed by atoms with Gasteiger partial charge in [-0.25, -0.2) is 4.98 Å². The molecule has 2 atom stereocenters. The second-order valence-corrected chi connectivity index (χ2v) is 6.25. The quantitative estimate of drug-likeness (QED) is 0.539. The third-order valence-corrected chi connectivity index (χ3v) is 4.75. The minimum Gasteiger partial charge on any atom is -0.465 e. The van der Waals surface area contributed by atoms with Crippen molar-refractivity contribution in [1.29, 1.82) is 0 Å². The molecule has 132 valence electrons. The predicted molar refractivity (Wildman–Crippen MR) is 97.8 cm³/mol. The summed E-state index contributed by atoms with van der Waals surface area (Å²) in [7, 11) is 1.65. The highest BCUT2D eigenvalue weighted by Gasteiger charge is 2.46. The molecule has 1 amide bonds. The number of ether oxygens (including phenoxy) is 1. The Morgan fingerprint density at radius 1 is 1.12 bits per heavy atom. The van der Waals surface area contributed by atoms with Crippen LogP contribution in [0.1, 0.15) is 18.5 Å². The third kappa shape index (κ3) is 2.37. The summed E-state index contributed by atoms with van der Waals surface area (Å²) in [5, 5.41) is 0. The van der Waals surface area contributed by atoms with E-state index in [2.05, 4.69) is 4.98 Å². The monoisotopic (exact) mass is 349 g/mol. The van der Waals surface area contributed by atoms with Gasteiger partial charge >= 0.3 is 5.97 Å². The maximum atomic E-state index is 13.0. The smallest absolute Gasteiger partial charge is 0.321 e. The highest BCUT2D eigenvalue weighted by Crippen LogP contribution is 2.40. The van der Waals surface area contributed by atoms with E-state index in [1.165, 1.54) is 4.90 Å². The predicted octanol–water partition coefficient (Wildman–Crippen LogP) is 2.78. The molecule has 0 spiro atoms. The summed E-state index contributed by atoms with van der Waals surface area (Å²) < 4.78 is 7.20. The normalized spacial score (nSPS) is 19.5. The number of anilines is 1. The van der Waals surface area contributed by atoms with Crippen LogP contribution in [0, 0.1) is 5.92 Å². The summed E-state index contributed by atoms with van der Waals surface area (Å²) in [5.41, 5.74) is 2.54. The number of hydrogen-bond donors (Lipinski definition) is 0. The third-order valence-electron chi connectivity index (χ3n) is 4.75. The Balaban J connectivity index is 2.00. The van der Waals surface area contributed by atoms with E-state index < -0.39 is 17.9 Å². The molecule has 0 saturated carbocycles. The maximum absolute atomic E-state index is 13.0. The standard InChI is InChI=1S/C20H19N3O3/c1-3-26-19(25)16-17(13-9-5-4-6-10-13)23-15-12-8-7-11-14(15)21-20(23)22(2)18(16)24/h4-12,16-17H,3H2,1-2H3/t16-,17-/m1/s1. The molecule has 1 aromatic heterocycles. The molecule has 0 radical (unpaired) electrons. The molecule has 6 heteroatoms. The Bertz CT molecular complexity index is 980. The van der Waals surface area contributed by atoms with Gasteiger partial charge in [-0.3, -0.25) is 14.5 Å². The molecular formula is C20H19N3O3. The minimum atomic E-state index is -0.951. The molecule has 0 saturated heterocycles. The number of hydrogen-bond acceptors (Lipinski definition) is 4. The highest BCUT2D eigenvalue weighted by atomic mass is 16.5. The van der Waals surface area contributed by atoms with Crippen LogP contribution in [-0.2, 0) is 14.3 Å². The van der Waals surface area contributed by atoms with Crippen molar-refractivity contribution in [2.75, 3.05) is 18.6 Å². The number of carbonyl (C=O) groups excluding carboxylic acids is 2. The molecule has 6 nitrogen and oxygen atoms in total.